The predicted molar refractivity (Wildman–Crippen MR) is 91.8 cm³/mol. The standard InChI is InChI=1S/C18H16ClF3N2O2/c1-11-14(3-2-4-15(11)19)17(26)24-10-16(25)23-9-12-5-7-13(8-6-12)18(20,21)22/h2-8H,9-10H2,1H3,(H,23,25)(H,24,26). The molecule has 8 heteroatoms. The third kappa shape index (κ3) is 5.23. The maximum absolute atomic E-state index is 12.5. The van der Waals surface area contributed by atoms with Crippen LogP contribution in [0.4, 0.5) is 13.2 Å². The van der Waals surface area contributed by atoms with Crippen LogP contribution in [0.15, 0.2) is 42.5 Å². The first-order chi connectivity index (χ1) is 12.2. The van der Waals surface area contributed by atoms with Crippen LogP contribution >= 0.6 is 11.6 Å². The van der Waals surface area contributed by atoms with E-state index < -0.39 is 23.6 Å². The minimum Gasteiger partial charge on any atom is -0.350 e. The first-order valence-electron chi connectivity index (χ1n) is 7.64. The van der Waals surface area contributed by atoms with Crippen LogP contribution in [-0.2, 0) is 17.5 Å². The summed E-state index contributed by atoms with van der Waals surface area (Å²) in [5, 5.41) is 5.45. The Labute approximate surface area is 153 Å². The zero-order valence-electron chi connectivity index (χ0n) is 13.8. The van der Waals surface area contributed by atoms with E-state index in [1.807, 2.05) is 0 Å². The van der Waals surface area contributed by atoms with Gasteiger partial charge in [0.15, 0.2) is 0 Å². The summed E-state index contributed by atoms with van der Waals surface area (Å²) in [6, 6.07) is 9.36. The molecular weight excluding hydrogens is 369 g/mol. The lowest BCUT2D eigenvalue weighted by molar-refractivity contribution is -0.137. The highest BCUT2D eigenvalue weighted by Crippen LogP contribution is 2.29. The lowest BCUT2D eigenvalue weighted by Gasteiger charge is -2.10. The van der Waals surface area contributed by atoms with E-state index in [-0.39, 0.29) is 13.1 Å². The molecule has 0 radical (unpaired) electrons. The number of carbonyl (C=O) groups excluding carboxylic acids is 2. The number of amides is 2. The maximum Gasteiger partial charge on any atom is 0.416 e. The monoisotopic (exact) mass is 384 g/mol. The van der Waals surface area contributed by atoms with Gasteiger partial charge in [0, 0.05) is 17.1 Å². The SMILES string of the molecule is Cc1c(Cl)cccc1C(=O)NCC(=O)NCc1ccc(C(F)(F)F)cc1. The summed E-state index contributed by atoms with van der Waals surface area (Å²) in [5.41, 5.74) is 0.741. The molecule has 138 valence electrons. The summed E-state index contributed by atoms with van der Waals surface area (Å²) in [6.07, 6.45) is -4.40. The molecule has 0 bridgehead atoms. The molecule has 0 aliphatic rings. The molecule has 2 rings (SSSR count). The van der Waals surface area contributed by atoms with Gasteiger partial charge in [0.05, 0.1) is 12.1 Å². The van der Waals surface area contributed by atoms with Gasteiger partial charge in [0.25, 0.3) is 5.91 Å². The van der Waals surface area contributed by atoms with Crippen LogP contribution in [0.5, 0.6) is 0 Å². The van der Waals surface area contributed by atoms with E-state index in [1.54, 1.807) is 25.1 Å². The molecule has 2 N–H and O–H groups in total. The molecule has 0 spiro atoms. The molecule has 0 unspecified atom stereocenters. The van der Waals surface area contributed by atoms with E-state index in [2.05, 4.69) is 10.6 Å². The highest BCUT2D eigenvalue weighted by molar-refractivity contribution is 6.31. The Kier molecular flexibility index (Phi) is 6.26. The summed E-state index contributed by atoms with van der Waals surface area (Å²) in [6.45, 7) is 1.50. The molecule has 0 saturated heterocycles. The van der Waals surface area contributed by atoms with E-state index in [0.29, 0.717) is 21.7 Å². The minimum atomic E-state index is -4.40. The van der Waals surface area contributed by atoms with Crippen molar-refractivity contribution in [2.24, 2.45) is 0 Å². The van der Waals surface area contributed by atoms with Crippen molar-refractivity contribution in [1.29, 1.82) is 0 Å². The van der Waals surface area contributed by atoms with Gasteiger partial charge in [0.2, 0.25) is 5.91 Å². The summed E-state index contributed by atoms with van der Waals surface area (Å²) < 4.78 is 37.5. The summed E-state index contributed by atoms with van der Waals surface area (Å²) in [7, 11) is 0. The minimum absolute atomic E-state index is 0.0586. The molecule has 26 heavy (non-hydrogen) atoms. The fourth-order valence-electron chi connectivity index (χ4n) is 2.18. The molecule has 0 aliphatic heterocycles. The molecule has 0 saturated carbocycles. The molecule has 0 fully saturated rings. The van der Waals surface area contributed by atoms with E-state index in [4.69, 9.17) is 11.6 Å². The van der Waals surface area contributed by atoms with Crippen molar-refractivity contribution in [2.45, 2.75) is 19.6 Å². The van der Waals surface area contributed by atoms with Crippen LogP contribution in [0, 0.1) is 6.92 Å². The number of carbonyl (C=O) groups is 2. The van der Waals surface area contributed by atoms with Gasteiger partial charge >= 0.3 is 6.18 Å². The maximum atomic E-state index is 12.5. The second kappa shape index (κ2) is 8.23. The van der Waals surface area contributed by atoms with Gasteiger partial charge in [0.1, 0.15) is 0 Å². The van der Waals surface area contributed by atoms with Crippen molar-refractivity contribution in [3.05, 3.63) is 69.7 Å². The fraction of sp³-hybridized carbons (Fsp3) is 0.222. The second-order valence-electron chi connectivity index (χ2n) is 5.57. The molecular formula is C18H16ClF3N2O2. The molecule has 2 amide bonds. The highest BCUT2D eigenvalue weighted by atomic mass is 35.5. The number of halogens is 4. The van der Waals surface area contributed by atoms with Gasteiger partial charge in [-0.15, -0.1) is 0 Å². The highest BCUT2D eigenvalue weighted by Gasteiger charge is 2.29. The van der Waals surface area contributed by atoms with Crippen LogP contribution in [0.3, 0.4) is 0 Å². The molecule has 4 nitrogen and oxygen atoms in total. The average Bonchev–Trinajstić information content (AvgIpc) is 2.59. The van der Waals surface area contributed by atoms with Crippen molar-refractivity contribution >= 4 is 23.4 Å². The van der Waals surface area contributed by atoms with Crippen molar-refractivity contribution in [1.82, 2.24) is 10.6 Å². The lowest BCUT2D eigenvalue weighted by atomic mass is 10.1. The van der Waals surface area contributed by atoms with Crippen LogP contribution in [0.2, 0.25) is 5.02 Å². The third-order valence-corrected chi connectivity index (χ3v) is 4.10. The van der Waals surface area contributed by atoms with E-state index >= 15 is 0 Å². The van der Waals surface area contributed by atoms with Crippen LogP contribution in [0.25, 0.3) is 0 Å². The number of rotatable bonds is 5. The number of nitrogens with one attached hydrogen (secondary N) is 2. The van der Waals surface area contributed by atoms with Gasteiger partial charge < -0.3 is 10.6 Å². The summed E-state index contributed by atoms with van der Waals surface area (Å²) in [5.74, 6) is -0.896. The number of hydrogen-bond acceptors (Lipinski definition) is 2. The smallest absolute Gasteiger partial charge is 0.350 e. The first-order valence-corrected chi connectivity index (χ1v) is 8.02. The molecule has 0 heterocycles. The summed E-state index contributed by atoms with van der Waals surface area (Å²) >= 11 is 5.95. The Hall–Kier alpha value is -2.54. The number of alkyl halides is 3. The molecule has 0 aliphatic carbocycles. The summed E-state index contributed by atoms with van der Waals surface area (Å²) in [4.78, 5) is 23.9. The molecule has 2 aromatic rings. The van der Waals surface area contributed by atoms with E-state index in [9.17, 15) is 22.8 Å². The van der Waals surface area contributed by atoms with E-state index in [1.165, 1.54) is 12.1 Å². The normalized spacial score (nSPS) is 11.1. The van der Waals surface area contributed by atoms with Gasteiger partial charge in [-0.05, 0) is 42.3 Å². The fourth-order valence-corrected chi connectivity index (χ4v) is 2.36. The Morgan fingerprint density at radius 2 is 1.69 bits per heavy atom. The Bertz CT molecular complexity index is 805. The number of hydrogen-bond donors (Lipinski definition) is 2. The van der Waals surface area contributed by atoms with Crippen molar-refractivity contribution < 1.29 is 22.8 Å². The van der Waals surface area contributed by atoms with Gasteiger partial charge in [-0.1, -0.05) is 29.8 Å². The largest absolute Gasteiger partial charge is 0.416 e. The zero-order chi connectivity index (χ0) is 19.3. The van der Waals surface area contributed by atoms with Gasteiger partial charge in [-0.3, -0.25) is 9.59 Å². The van der Waals surface area contributed by atoms with Crippen molar-refractivity contribution in [3.8, 4) is 0 Å². The van der Waals surface area contributed by atoms with Crippen molar-refractivity contribution in [3.63, 3.8) is 0 Å². The molecule has 0 atom stereocenters. The third-order valence-electron chi connectivity index (χ3n) is 3.69. The van der Waals surface area contributed by atoms with Crippen LogP contribution in [0.1, 0.15) is 27.0 Å². The molecule has 2 aromatic carbocycles. The predicted octanol–water partition coefficient (Wildman–Crippen LogP) is 3.71. The van der Waals surface area contributed by atoms with E-state index in [0.717, 1.165) is 12.1 Å². The topological polar surface area (TPSA) is 58.2 Å². The second-order valence-corrected chi connectivity index (χ2v) is 5.97. The Balaban J connectivity index is 1.84. The molecule has 0 aromatic heterocycles. The van der Waals surface area contributed by atoms with Gasteiger partial charge in [-0.25, -0.2) is 0 Å². The Morgan fingerprint density at radius 3 is 2.31 bits per heavy atom. The average molecular weight is 385 g/mol. The van der Waals surface area contributed by atoms with Crippen LogP contribution in [-0.4, -0.2) is 18.4 Å². The van der Waals surface area contributed by atoms with Gasteiger partial charge in [-0.2, -0.15) is 13.2 Å². The van der Waals surface area contributed by atoms with Crippen LogP contribution < -0.4 is 10.6 Å². The first kappa shape index (κ1) is 19.8. The zero-order valence-corrected chi connectivity index (χ0v) is 14.5. The quantitative estimate of drug-likeness (QED) is 0.825. The lowest BCUT2D eigenvalue weighted by Crippen LogP contribution is -2.36. The van der Waals surface area contributed by atoms with Crippen molar-refractivity contribution in [2.75, 3.05) is 6.54 Å². The number of benzene rings is 2. The Morgan fingerprint density at radius 1 is 1.04 bits per heavy atom.